The fraction of sp³-hybridized carbons (Fsp3) is 0.467. The van der Waals surface area contributed by atoms with Crippen molar-refractivity contribution in [2.75, 3.05) is 32.8 Å². The molecule has 2 heterocycles. The molecule has 112 valence electrons. The molecule has 1 aromatic rings. The summed E-state index contributed by atoms with van der Waals surface area (Å²) >= 11 is 5.92. The number of cyclic esters (lactones) is 1. The number of halogens is 1. The van der Waals surface area contributed by atoms with Crippen LogP contribution in [0.1, 0.15) is 16.8 Å². The molecule has 21 heavy (non-hydrogen) atoms. The maximum absolute atomic E-state index is 12.4. The van der Waals surface area contributed by atoms with Crippen LogP contribution in [0.25, 0.3) is 0 Å². The minimum absolute atomic E-state index is 0.00820. The fourth-order valence-corrected chi connectivity index (χ4v) is 3.05. The van der Waals surface area contributed by atoms with Gasteiger partial charge in [0.05, 0.1) is 6.61 Å². The van der Waals surface area contributed by atoms with Gasteiger partial charge < -0.3 is 9.64 Å². The molecule has 2 fully saturated rings. The number of benzene rings is 1. The van der Waals surface area contributed by atoms with Crippen molar-refractivity contribution in [3.8, 4) is 0 Å². The molecule has 3 rings (SSSR count). The molecule has 6 heteroatoms. The third-order valence-corrected chi connectivity index (χ3v) is 4.26. The molecule has 5 nitrogen and oxygen atoms in total. The van der Waals surface area contributed by atoms with E-state index in [4.69, 9.17) is 16.3 Å². The summed E-state index contributed by atoms with van der Waals surface area (Å²) in [5.74, 6) is -0.143. The maximum atomic E-state index is 12.4. The third-order valence-electron chi connectivity index (χ3n) is 4.02. The first-order valence-corrected chi connectivity index (χ1v) is 7.48. The normalized spacial score (nSPS) is 23.2. The smallest absolute Gasteiger partial charge is 0.323 e. The second-order valence-corrected chi connectivity index (χ2v) is 5.75. The Bertz CT molecular complexity index is 556. The number of piperazine rings is 1. The topological polar surface area (TPSA) is 49.9 Å². The summed E-state index contributed by atoms with van der Waals surface area (Å²) in [5, 5.41) is 0.563. The number of nitrogens with zero attached hydrogens (tertiary/aromatic N) is 2. The van der Waals surface area contributed by atoms with Crippen molar-refractivity contribution in [2.24, 2.45) is 0 Å². The van der Waals surface area contributed by atoms with Gasteiger partial charge in [-0.3, -0.25) is 14.5 Å². The van der Waals surface area contributed by atoms with Crippen molar-refractivity contribution < 1.29 is 14.3 Å². The largest absolute Gasteiger partial charge is 0.464 e. The first kappa shape index (κ1) is 14.4. The van der Waals surface area contributed by atoms with Crippen molar-refractivity contribution in [3.63, 3.8) is 0 Å². The zero-order valence-electron chi connectivity index (χ0n) is 11.6. The second-order valence-electron chi connectivity index (χ2n) is 5.31. The Labute approximate surface area is 128 Å². The Morgan fingerprint density at radius 2 is 2.00 bits per heavy atom. The van der Waals surface area contributed by atoms with Crippen LogP contribution in [0, 0.1) is 0 Å². The van der Waals surface area contributed by atoms with E-state index in [0.29, 0.717) is 43.4 Å². The van der Waals surface area contributed by atoms with E-state index >= 15 is 0 Å². The van der Waals surface area contributed by atoms with Crippen LogP contribution in [-0.4, -0.2) is 60.5 Å². The fourth-order valence-electron chi connectivity index (χ4n) is 2.86. The molecule has 0 radical (unpaired) electrons. The van der Waals surface area contributed by atoms with Crippen LogP contribution >= 0.6 is 11.6 Å². The Kier molecular flexibility index (Phi) is 4.12. The zero-order valence-corrected chi connectivity index (χ0v) is 12.4. The minimum Gasteiger partial charge on any atom is -0.464 e. The van der Waals surface area contributed by atoms with E-state index in [0.717, 1.165) is 6.42 Å². The standard InChI is InChI=1S/C15H17ClN2O3/c16-12-3-1-2-11(10-12)14(19)18-7-5-17(6-8-18)13-4-9-21-15(13)20/h1-3,10,13H,4-9H2. The summed E-state index contributed by atoms with van der Waals surface area (Å²) in [7, 11) is 0. The number of hydrogen-bond acceptors (Lipinski definition) is 4. The Hall–Kier alpha value is -1.59. The Balaban J connectivity index is 1.60. The lowest BCUT2D eigenvalue weighted by Crippen LogP contribution is -2.53. The molecule has 0 bridgehead atoms. The van der Waals surface area contributed by atoms with Gasteiger partial charge in [-0.25, -0.2) is 0 Å². The van der Waals surface area contributed by atoms with E-state index in [1.54, 1.807) is 24.3 Å². The van der Waals surface area contributed by atoms with Gasteiger partial charge >= 0.3 is 5.97 Å². The predicted octanol–water partition coefficient (Wildman–Crippen LogP) is 1.41. The van der Waals surface area contributed by atoms with Crippen molar-refractivity contribution in [2.45, 2.75) is 12.5 Å². The van der Waals surface area contributed by atoms with Crippen LogP contribution in [0.3, 0.4) is 0 Å². The maximum Gasteiger partial charge on any atom is 0.323 e. The van der Waals surface area contributed by atoms with Crippen LogP contribution in [0.4, 0.5) is 0 Å². The van der Waals surface area contributed by atoms with E-state index < -0.39 is 0 Å². The van der Waals surface area contributed by atoms with Crippen LogP contribution in [0.15, 0.2) is 24.3 Å². The lowest BCUT2D eigenvalue weighted by Gasteiger charge is -2.36. The quantitative estimate of drug-likeness (QED) is 0.775. The van der Waals surface area contributed by atoms with Gasteiger partial charge in [-0.2, -0.15) is 0 Å². The highest BCUT2D eigenvalue weighted by atomic mass is 35.5. The second kappa shape index (κ2) is 6.03. The number of carbonyl (C=O) groups excluding carboxylic acids is 2. The number of amides is 1. The molecule has 0 saturated carbocycles. The van der Waals surface area contributed by atoms with Gasteiger partial charge in [0.25, 0.3) is 5.91 Å². The molecule has 1 unspecified atom stereocenters. The van der Waals surface area contributed by atoms with Crippen LogP contribution in [-0.2, 0) is 9.53 Å². The summed E-state index contributed by atoms with van der Waals surface area (Å²) in [6, 6.07) is 6.86. The van der Waals surface area contributed by atoms with Crippen LogP contribution in [0.2, 0.25) is 5.02 Å². The molecular weight excluding hydrogens is 292 g/mol. The molecule has 0 aliphatic carbocycles. The lowest BCUT2D eigenvalue weighted by molar-refractivity contribution is -0.142. The highest BCUT2D eigenvalue weighted by molar-refractivity contribution is 6.30. The average molecular weight is 309 g/mol. The predicted molar refractivity (Wildman–Crippen MR) is 78.3 cm³/mol. The number of hydrogen-bond donors (Lipinski definition) is 0. The van der Waals surface area contributed by atoms with E-state index in [1.807, 2.05) is 4.90 Å². The summed E-state index contributed by atoms with van der Waals surface area (Å²) in [6.07, 6.45) is 0.751. The van der Waals surface area contributed by atoms with E-state index in [2.05, 4.69) is 4.90 Å². The van der Waals surface area contributed by atoms with E-state index in [-0.39, 0.29) is 17.9 Å². The molecular formula is C15H17ClN2O3. The van der Waals surface area contributed by atoms with Crippen molar-refractivity contribution >= 4 is 23.5 Å². The molecule has 2 aliphatic heterocycles. The highest BCUT2D eigenvalue weighted by Crippen LogP contribution is 2.18. The molecule has 0 N–H and O–H groups in total. The van der Waals surface area contributed by atoms with Crippen LogP contribution in [0.5, 0.6) is 0 Å². The first-order chi connectivity index (χ1) is 10.1. The number of ether oxygens (including phenoxy) is 1. The number of rotatable bonds is 2. The van der Waals surface area contributed by atoms with Crippen LogP contribution < -0.4 is 0 Å². The van der Waals surface area contributed by atoms with Gasteiger partial charge in [0.15, 0.2) is 0 Å². The number of esters is 1. The molecule has 1 atom stereocenters. The summed E-state index contributed by atoms with van der Waals surface area (Å²) in [6.45, 7) is 3.15. The number of carbonyl (C=O) groups is 2. The van der Waals surface area contributed by atoms with E-state index in [1.165, 1.54) is 0 Å². The molecule has 0 spiro atoms. The van der Waals surface area contributed by atoms with Crippen molar-refractivity contribution in [1.82, 2.24) is 9.80 Å². The summed E-state index contributed by atoms with van der Waals surface area (Å²) < 4.78 is 5.00. The molecule has 0 aromatic heterocycles. The van der Waals surface area contributed by atoms with Gasteiger partial charge in [-0.1, -0.05) is 17.7 Å². The summed E-state index contributed by atoms with van der Waals surface area (Å²) in [4.78, 5) is 27.9. The van der Waals surface area contributed by atoms with Gasteiger partial charge in [0, 0.05) is 43.2 Å². The highest BCUT2D eigenvalue weighted by Gasteiger charge is 2.34. The molecule has 2 saturated heterocycles. The molecule has 2 aliphatic rings. The van der Waals surface area contributed by atoms with Gasteiger partial charge in [-0.15, -0.1) is 0 Å². The average Bonchev–Trinajstić information content (AvgIpc) is 2.93. The summed E-state index contributed by atoms with van der Waals surface area (Å²) in [5.41, 5.74) is 0.608. The zero-order chi connectivity index (χ0) is 14.8. The lowest BCUT2D eigenvalue weighted by atomic mass is 10.1. The third kappa shape index (κ3) is 3.04. The first-order valence-electron chi connectivity index (χ1n) is 7.11. The Morgan fingerprint density at radius 3 is 2.62 bits per heavy atom. The minimum atomic E-state index is -0.135. The SMILES string of the molecule is O=C1OCCC1N1CCN(C(=O)c2cccc(Cl)c2)CC1. The molecule has 1 amide bonds. The monoisotopic (exact) mass is 308 g/mol. The van der Waals surface area contributed by atoms with Crippen molar-refractivity contribution in [1.29, 1.82) is 0 Å². The van der Waals surface area contributed by atoms with Crippen molar-refractivity contribution in [3.05, 3.63) is 34.9 Å². The Morgan fingerprint density at radius 1 is 1.24 bits per heavy atom. The van der Waals surface area contributed by atoms with Gasteiger partial charge in [0.1, 0.15) is 6.04 Å². The molecule has 1 aromatic carbocycles. The van der Waals surface area contributed by atoms with Gasteiger partial charge in [-0.05, 0) is 18.2 Å². The van der Waals surface area contributed by atoms with E-state index in [9.17, 15) is 9.59 Å². The van der Waals surface area contributed by atoms with Gasteiger partial charge in [0.2, 0.25) is 0 Å².